The second-order valence-electron chi connectivity index (χ2n) is 6.69. The highest BCUT2D eigenvalue weighted by atomic mass is 32.1. The van der Waals surface area contributed by atoms with Gasteiger partial charge in [0.25, 0.3) is 5.89 Å². The van der Waals surface area contributed by atoms with Gasteiger partial charge in [-0.15, -0.1) is 11.3 Å². The van der Waals surface area contributed by atoms with Gasteiger partial charge in [0, 0.05) is 10.3 Å². The number of nitrogens with two attached hydrogens (primary N) is 1. The van der Waals surface area contributed by atoms with Gasteiger partial charge in [-0.2, -0.15) is 4.98 Å². The molecule has 0 aliphatic heterocycles. The lowest BCUT2D eigenvalue weighted by Crippen LogP contribution is -2.34. The smallest absolute Gasteiger partial charge is 0.259 e. The van der Waals surface area contributed by atoms with Crippen LogP contribution in [0.25, 0.3) is 11.5 Å². The molecule has 1 fully saturated rings. The fourth-order valence-corrected chi connectivity index (χ4v) is 4.86. The Bertz CT molecular complexity index is 654. The molecule has 0 aromatic carbocycles. The molecule has 2 aromatic heterocycles. The van der Waals surface area contributed by atoms with E-state index in [1.54, 1.807) is 0 Å². The van der Waals surface area contributed by atoms with Gasteiger partial charge in [-0.1, -0.05) is 24.9 Å². The Balaban J connectivity index is 1.67. The molecule has 1 atom stereocenters. The first-order chi connectivity index (χ1) is 10.2. The number of fused-ring (bicyclic) bond motifs is 1. The van der Waals surface area contributed by atoms with Crippen molar-refractivity contribution in [3.63, 3.8) is 0 Å². The molecule has 5 heteroatoms. The molecule has 2 aromatic rings. The largest absolute Gasteiger partial charge is 0.334 e. The molecule has 0 bridgehead atoms. The predicted molar refractivity (Wildman–Crippen MR) is 83.1 cm³/mol. The first-order valence-electron chi connectivity index (χ1n) is 7.88. The quantitative estimate of drug-likeness (QED) is 0.919. The minimum Gasteiger partial charge on any atom is -0.334 e. The molecular weight excluding hydrogens is 282 g/mol. The van der Waals surface area contributed by atoms with E-state index in [4.69, 9.17) is 10.3 Å². The Hall–Kier alpha value is -1.20. The van der Waals surface area contributed by atoms with Gasteiger partial charge in [0.15, 0.2) is 5.82 Å². The second kappa shape index (κ2) is 4.92. The maximum Gasteiger partial charge on any atom is 0.259 e. The lowest BCUT2D eigenvalue weighted by atomic mass is 9.88. The highest BCUT2D eigenvalue weighted by Gasteiger charge is 2.36. The van der Waals surface area contributed by atoms with Crippen LogP contribution < -0.4 is 5.73 Å². The van der Waals surface area contributed by atoms with Crippen LogP contribution in [0.2, 0.25) is 0 Å². The minimum atomic E-state index is -0.369. The molecule has 0 radical (unpaired) electrons. The van der Waals surface area contributed by atoms with E-state index in [0.717, 1.165) is 43.6 Å². The van der Waals surface area contributed by atoms with E-state index in [9.17, 15) is 0 Å². The molecule has 2 heterocycles. The number of aromatic nitrogens is 2. The highest BCUT2D eigenvalue weighted by molar-refractivity contribution is 7.10. The molecule has 0 spiro atoms. The average molecular weight is 303 g/mol. The van der Waals surface area contributed by atoms with Crippen LogP contribution in [-0.2, 0) is 18.4 Å². The number of hydrogen-bond donors (Lipinski definition) is 1. The molecule has 1 unspecified atom stereocenters. The maximum absolute atomic E-state index is 6.42. The molecule has 112 valence electrons. The van der Waals surface area contributed by atoms with Crippen LogP contribution in [0.5, 0.6) is 0 Å². The van der Waals surface area contributed by atoms with Crippen molar-refractivity contribution in [1.29, 1.82) is 0 Å². The van der Waals surface area contributed by atoms with E-state index < -0.39 is 0 Å². The molecule has 1 saturated carbocycles. The normalized spacial score (nSPS) is 24.2. The van der Waals surface area contributed by atoms with Crippen LogP contribution in [0.15, 0.2) is 9.90 Å². The summed E-state index contributed by atoms with van der Waals surface area (Å²) >= 11 is 1.83. The monoisotopic (exact) mass is 303 g/mol. The number of hydrogen-bond acceptors (Lipinski definition) is 5. The van der Waals surface area contributed by atoms with E-state index in [1.807, 2.05) is 11.3 Å². The molecule has 4 rings (SSSR count). The molecule has 2 aliphatic rings. The average Bonchev–Trinajstić information content (AvgIpc) is 3.16. The van der Waals surface area contributed by atoms with Gasteiger partial charge in [0.2, 0.25) is 0 Å². The van der Waals surface area contributed by atoms with Crippen molar-refractivity contribution in [2.24, 2.45) is 11.7 Å². The lowest BCUT2D eigenvalue weighted by molar-refractivity contribution is 0.372. The summed E-state index contributed by atoms with van der Waals surface area (Å²) < 4.78 is 5.55. The van der Waals surface area contributed by atoms with Gasteiger partial charge < -0.3 is 10.3 Å². The van der Waals surface area contributed by atoms with Crippen molar-refractivity contribution < 1.29 is 4.52 Å². The van der Waals surface area contributed by atoms with Gasteiger partial charge in [0.05, 0.1) is 11.1 Å². The molecule has 2 N–H and O–H groups in total. The summed E-state index contributed by atoms with van der Waals surface area (Å²) in [5, 5.41) is 6.36. The van der Waals surface area contributed by atoms with Crippen molar-refractivity contribution in [3.8, 4) is 11.5 Å². The number of nitrogens with zero attached hydrogens (tertiary/aromatic N) is 2. The third-order valence-corrected chi connectivity index (χ3v) is 6.05. The Morgan fingerprint density at radius 1 is 1.38 bits per heavy atom. The van der Waals surface area contributed by atoms with Gasteiger partial charge in [-0.3, -0.25) is 0 Å². The Labute approximate surface area is 128 Å². The summed E-state index contributed by atoms with van der Waals surface area (Å²) in [6, 6.07) is 0. The molecule has 0 saturated heterocycles. The molecule has 0 amide bonds. The summed E-state index contributed by atoms with van der Waals surface area (Å²) in [6.07, 6.45) is 7.80. The molecular formula is C16H21N3OS. The van der Waals surface area contributed by atoms with E-state index in [2.05, 4.69) is 22.4 Å². The van der Waals surface area contributed by atoms with E-state index in [0.29, 0.717) is 11.7 Å². The summed E-state index contributed by atoms with van der Waals surface area (Å²) in [7, 11) is 0. The van der Waals surface area contributed by atoms with E-state index >= 15 is 0 Å². The van der Waals surface area contributed by atoms with E-state index in [-0.39, 0.29) is 5.54 Å². The fourth-order valence-electron chi connectivity index (χ4n) is 3.62. The Kier molecular flexibility index (Phi) is 3.15. The highest BCUT2D eigenvalue weighted by Crippen LogP contribution is 2.39. The molecule has 2 aliphatic carbocycles. The zero-order chi connectivity index (χ0) is 14.4. The molecule has 21 heavy (non-hydrogen) atoms. The summed E-state index contributed by atoms with van der Waals surface area (Å²) in [5.74, 6) is 2.14. The SMILES string of the molecule is CC1CCc2c(-c3nc(C4(N)CCCC4)no3)csc2C1. The van der Waals surface area contributed by atoms with Crippen molar-refractivity contribution in [2.45, 2.75) is 57.4 Å². The van der Waals surface area contributed by atoms with Crippen LogP contribution in [-0.4, -0.2) is 10.1 Å². The van der Waals surface area contributed by atoms with Crippen LogP contribution in [0.4, 0.5) is 0 Å². The zero-order valence-electron chi connectivity index (χ0n) is 12.4. The second-order valence-corrected chi connectivity index (χ2v) is 7.65. The minimum absolute atomic E-state index is 0.369. The molecule has 4 nitrogen and oxygen atoms in total. The van der Waals surface area contributed by atoms with E-state index in [1.165, 1.54) is 23.3 Å². The van der Waals surface area contributed by atoms with Crippen molar-refractivity contribution >= 4 is 11.3 Å². The van der Waals surface area contributed by atoms with Gasteiger partial charge in [0.1, 0.15) is 0 Å². The lowest BCUT2D eigenvalue weighted by Gasteiger charge is -2.18. The first kappa shape index (κ1) is 13.5. The standard InChI is InChI=1S/C16H21N3OS/c1-10-4-5-11-12(9-21-13(11)8-10)14-18-15(19-20-14)16(17)6-2-3-7-16/h9-10H,2-8,17H2,1H3. The Morgan fingerprint density at radius 3 is 3.00 bits per heavy atom. The third-order valence-electron chi connectivity index (χ3n) is 5.00. The van der Waals surface area contributed by atoms with Gasteiger partial charge in [-0.05, 0) is 43.6 Å². The van der Waals surface area contributed by atoms with Gasteiger partial charge >= 0.3 is 0 Å². The summed E-state index contributed by atoms with van der Waals surface area (Å²) in [4.78, 5) is 6.13. The van der Waals surface area contributed by atoms with Crippen molar-refractivity contribution in [2.75, 3.05) is 0 Å². The van der Waals surface area contributed by atoms with Crippen LogP contribution in [0.3, 0.4) is 0 Å². The summed E-state index contributed by atoms with van der Waals surface area (Å²) in [5.41, 5.74) is 8.61. The van der Waals surface area contributed by atoms with Crippen molar-refractivity contribution in [1.82, 2.24) is 10.1 Å². The fraction of sp³-hybridized carbons (Fsp3) is 0.625. The van der Waals surface area contributed by atoms with Crippen LogP contribution in [0, 0.1) is 5.92 Å². The maximum atomic E-state index is 6.42. The number of rotatable bonds is 2. The zero-order valence-corrected chi connectivity index (χ0v) is 13.2. The first-order valence-corrected chi connectivity index (χ1v) is 8.76. The van der Waals surface area contributed by atoms with Crippen molar-refractivity contribution in [3.05, 3.63) is 21.6 Å². The topological polar surface area (TPSA) is 64.9 Å². The third kappa shape index (κ3) is 2.23. The van der Waals surface area contributed by atoms with Gasteiger partial charge in [-0.25, -0.2) is 0 Å². The summed E-state index contributed by atoms with van der Waals surface area (Å²) in [6.45, 7) is 2.32. The predicted octanol–water partition coefficient (Wildman–Crippen LogP) is 3.65. The number of thiophene rings is 1. The Morgan fingerprint density at radius 2 is 2.19 bits per heavy atom. The van der Waals surface area contributed by atoms with Crippen LogP contribution >= 0.6 is 11.3 Å². The van der Waals surface area contributed by atoms with Crippen LogP contribution in [0.1, 0.15) is 55.3 Å².